The maximum absolute atomic E-state index is 12.3. The number of nitrogens with zero attached hydrogens (tertiary/aromatic N) is 1. The van der Waals surface area contributed by atoms with Crippen molar-refractivity contribution in [3.05, 3.63) is 95.1 Å². The lowest BCUT2D eigenvalue weighted by molar-refractivity contribution is -0.121. The minimum Gasteiger partial charge on any atom is -0.493 e. The molecule has 0 spiro atoms. The molecule has 0 aromatic heterocycles. The van der Waals surface area contributed by atoms with E-state index in [0.29, 0.717) is 37.5 Å². The molecule has 180 valence electrons. The van der Waals surface area contributed by atoms with Gasteiger partial charge in [0.15, 0.2) is 11.5 Å². The molecule has 0 bridgehead atoms. The Morgan fingerprint density at radius 1 is 0.971 bits per heavy atom. The average molecular weight is 471 g/mol. The van der Waals surface area contributed by atoms with E-state index in [1.54, 1.807) is 7.11 Å². The van der Waals surface area contributed by atoms with Crippen LogP contribution in [0.5, 0.6) is 11.5 Å². The molecule has 0 saturated heterocycles. The maximum Gasteiger partial charge on any atom is 0.220 e. The highest BCUT2D eigenvalue weighted by atomic mass is 16.6. The van der Waals surface area contributed by atoms with Gasteiger partial charge in [-0.2, -0.15) is 0 Å². The second-order valence-electron chi connectivity index (χ2n) is 7.89. The third-order valence-corrected chi connectivity index (χ3v) is 5.32. The van der Waals surface area contributed by atoms with Gasteiger partial charge >= 0.3 is 0 Å². The summed E-state index contributed by atoms with van der Waals surface area (Å²) in [6, 6.07) is 23.4. The molecule has 6 nitrogen and oxygen atoms in total. The van der Waals surface area contributed by atoms with Crippen molar-refractivity contribution >= 4 is 11.6 Å². The average Bonchev–Trinajstić information content (AvgIpc) is 2.90. The molecule has 6 heteroatoms. The Balaban J connectivity index is 1.43. The van der Waals surface area contributed by atoms with Crippen LogP contribution in [0.1, 0.15) is 35.6 Å². The van der Waals surface area contributed by atoms with E-state index in [-0.39, 0.29) is 12.5 Å². The molecular formula is C29H30N2O4. The fraction of sp³-hybridized carbons (Fsp3) is 0.241. The van der Waals surface area contributed by atoms with Gasteiger partial charge in [-0.3, -0.25) is 4.79 Å². The molecule has 0 unspecified atom stereocenters. The van der Waals surface area contributed by atoms with Gasteiger partial charge in [-0.25, -0.2) is 0 Å². The van der Waals surface area contributed by atoms with Crippen molar-refractivity contribution in [3.63, 3.8) is 0 Å². The Hall–Kier alpha value is -4.24. The minimum absolute atomic E-state index is 0.0206. The quantitative estimate of drug-likeness (QED) is 0.232. The normalized spacial score (nSPS) is 10.8. The first-order valence-electron chi connectivity index (χ1n) is 11.4. The number of benzene rings is 3. The predicted molar refractivity (Wildman–Crippen MR) is 137 cm³/mol. The molecule has 1 N–H and O–H groups in total. The van der Waals surface area contributed by atoms with E-state index in [4.69, 9.17) is 20.7 Å². The number of carbonyl (C=O) groups excluding carboxylic acids is 1. The number of hydrogen-bond donors (Lipinski definition) is 1. The minimum atomic E-state index is -0.0206. The summed E-state index contributed by atoms with van der Waals surface area (Å²) < 4.78 is 10.8. The number of terminal acetylenes is 1. The molecular weight excluding hydrogens is 440 g/mol. The van der Waals surface area contributed by atoms with Gasteiger partial charge in [0.2, 0.25) is 5.91 Å². The Morgan fingerprint density at radius 3 is 2.43 bits per heavy atom. The summed E-state index contributed by atoms with van der Waals surface area (Å²) in [4.78, 5) is 17.8. The van der Waals surface area contributed by atoms with Gasteiger partial charge in [-0.05, 0) is 47.7 Å². The lowest BCUT2D eigenvalue weighted by Gasteiger charge is -2.11. The highest BCUT2D eigenvalue weighted by Gasteiger charge is 2.08. The van der Waals surface area contributed by atoms with Crippen LogP contribution in [0.25, 0.3) is 0 Å². The maximum atomic E-state index is 12.3. The lowest BCUT2D eigenvalue weighted by Crippen LogP contribution is -2.23. The Morgan fingerprint density at radius 2 is 1.71 bits per heavy atom. The number of amides is 1. The summed E-state index contributed by atoms with van der Waals surface area (Å²) in [6.45, 7) is 2.97. The highest BCUT2D eigenvalue weighted by Crippen LogP contribution is 2.28. The van der Waals surface area contributed by atoms with Crippen LogP contribution >= 0.6 is 0 Å². The van der Waals surface area contributed by atoms with Crippen molar-refractivity contribution in [1.29, 1.82) is 0 Å². The van der Waals surface area contributed by atoms with Crippen molar-refractivity contribution in [1.82, 2.24) is 5.32 Å². The smallest absolute Gasteiger partial charge is 0.220 e. The molecule has 0 saturated carbocycles. The Labute approximate surface area is 206 Å². The van der Waals surface area contributed by atoms with Crippen LogP contribution in [0.4, 0.5) is 0 Å². The van der Waals surface area contributed by atoms with Crippen LogP contribution in [-0.2, 0) is 29.2 Å². The standard InChI is InChI=1S/C29H30N2O4/c1-4-18-34-27-16-12-23(19-28(27)33-3)13-17-29(32)30-20-24-10-14-26(15-11-24)22(2)31-35-21-25-8-6-5-7-9-25/h1,5-12,14-16,19H,13,17-18,20-21H2,2-3H3,(H,30,32)/b31-22+. The van der Waals surface area contributed by atoms with Gasteiger partial charge in [-0.1, -0.05) is 71.7 Å². The number of hydrogen-bond acceptors (Lipinski definition) is 5. The second-order valence-corrected chi connectivity index (χ2v) is 7.89. The van der Waals surface area contributed by atoms with Crippen molar-refractivity contribution in [2.24, 2.45) is 5.16 Å². The highest BCUT2D eigenvalue weighted by molar-refractivity contribution is 5.98. The molecule has 0 heterocycles. The van der Waals surface area contributed by atoms with E-state index in [2.05, 4.69) is 16.4 Å². The van der Waals surface area contributed by atoms with Crippen molar-refractivity contribution in [3.8, 4) is 23.8 Å². The van der Waals surface area contributed by atoms with E-state index < -0.39 is 0 Å². The van der Waals surface area contributed by atoms with Gasteiger partial charge in [0.25, 0.3) is 0 Å². The van der Waals surface area contributed by atoms with Crippen LogP contribution in [0, 0.1) is 12.3 Å². The molecule has 1 amide bonds. The van der Waals surface area contributed by atoms with Crippen LogP contribution in [0.2, 0.25) is 0 Å². The fourth-order valence-corrected chi connectivity index (χ4v) is 3.35. The number of aryl methyl sites for hydroxylation is 1. The van der Waals surface area contributed by atoms with E-state index in [1.165, 1.54) is 0 Å². The van der Waals surface area contributed by atoms with Crippen molar-refractivity contribution in [2.45, 2.75) is 32.9 Å². The number of methoxy groups -OCH3 is 1. The second kappa shape index (κ2) is 13.5. The van der Waals surface area contributed by atoms with Crippen LogP contribution in [0.15, 0.2) is 78.0 Å². The third-order valence-electron chi connectivity index (χ3n) is 5.32. The first kappa shape index (κ1) is 25.4. The largest absolute Gasteiger partial charge is 0.493 e. The fourth-order valence-electron chi connectivity index (χ4n) is 3.35. The zero-order chi connectivity index (χ0) is 24.9. The topological polar surface area (TPSA) is 69.2 Å². The molecule has 0 radical (unpaired) electrons. The summed E-state index contributed by atoms with van der Waals surface area (Å²) in [5, 5.41) is 7.17. The van der Waals surface area contributed by atoms with Gasteiger partial charge in [-0.15, -0.1) is 6.42 Å². The molecule has 3 rings (SSSR count). The number of ether oxygens (including phenoxy) is 2. The summed E-state index contributed by atoms with van der Waals surface area (Å²) in [5.41, 5.74) is 4.83. The molecule has 0 aliphatic heterocycles. The first-order valence-corrected chi connectivity index (χ1v) is 11.4. The summed E-state index contributed by atoms with van der Waals surface area (Å²) >= 11 is 0. The van der Waals surface area contributed by atoms with Gasteiger partial charge in [0, 0.05) is 13.0 Å². The zero-order valence-corrected chi connectivity index (χ0v) is 20.1. The van der Waals surface area contributed by atoms with E-state index in [0.717, 1.165) is 28.0 Å². The predicted octanol–water partition coefficient (Wildman–Crippen LogP) is 4.90. The van der Waals surface area contributed by atoms with Gasteiger partial charge < -0.3 is 19.6 Å². The van der Waals surface area contributed by atoms with E-state index in [9.17, 15) is 4.79 Å². The van der Waals surface area contributed by atoms with E-state index >= 15 is 0 Å². The SMILES string of the molecule is C#CCOc1ccc(CCC(=O)NCc2ccc(/C(C)=N/OCc3ccccc3)cc2)cc1OC. The van der Waals surface area contributed by atoms with Gasteiger partial charge in [0.05, 0.1) is 12.8 Å². The molecule has 3 aromatic rings. The lowest BCUT2D eigenvalue weighted by atomic mass is 10.1. The number of nitrogens with one attached hydrogen (secondary N) is 1. The van der Waals surface area contributed by atoms with Crippen LogP contribution in [0.3, 0.4) is 0 Å². The Bertz CT molecular complexity index is 1170. The van der Waals surface area contributed by atoms with E-state index in [1.807, 2.05) is 79.7 Å². The molecule has 0 atom stereocenters. The monoisotopic (exact) mass is 470 g/mol. The van der Waals surface area contributed by atoms with Gasteiger partial charge in [0.1, 0.15) is 13.2 Å². The van der Waals surface area contributed by atoms with Crippen LogP contribution < -0.4 is 14.8 Å². The third kappa shape index (κ3) is 8.24. The molecule has 3 aromatic carbocycles. The number of rotatable bonds is 12. The summed E-state index contributed by atoms with van der Waals surface area (Å²) in [5.74, 6) is 3.60. The zero-order valence-electron chi connectivity index (χ0n) is 20.1. The number of carbonyl (C=O) groups is 1. The first-order chi connectivity index (χ1) is 17.1. The van der Waals surface area contributed by atoms with Crippen molar-refractivity contribution < 1.29 is 19.1 Å². The summed E-state index contributed by atoms with van der Waals surface area (Å²) in [7, 11) is 1.57. The summed E-state index contributed by atoms with van der Waals surface area (Å²) in [6.07, 6.45) is 6.20. The van der Waals surface area contributed by atoms with Crippen molar-refractivity contribution in [2.75, 3.05) is 13.7 Å². The Kier molecular flexibility index (Phi) is 9.76. The number of oxime groups is 1. The molecule has 0 aliphatic rings. The molecule has 0 fully saturated rings. The van der Waals surface area contributed by atoms with Crippen LogP contribution in [-0.4, -0.2) is 25.3 Å². The molecule has 35 heavy (non-hydrogen) atoms. The molecule has 0 aliphatic carbocycles.